The van der Waals surface area contributed by atoms with E-state index in [-0.39, 0.29) is 5.43 Å². The van der Waals surface area contributed by atoms with Crippen molar-refractivity contribution < 1.29 is 0 Å². The van der Waals surface area contributed by atoms with Gasteiger partial charge in [0.15, 0.2) is 5.43 Å². The van der Waals surface area contributed by atoms with Gasteiger partial charge in [0.1, 0.15) is 0 Å². The quantitative estimate of drug-likeness (QED) is 0.920. The van der Waals surface area contributed by atoms with E-state index in [4.69, 9.17) is 0 Å². The molecular weight excluding hydrogens is 284 g/mol. The number of rotatable bonds is 4. The average Bonchev–Trinajstić information content (AvgIpc) is 2.58. The fourth-order valence-corrected chi connectivity index (χ4v) is 3.84. The number of likely N-dealkylation sites (tertiary alicyclic amines) is 1. The second-order valence-electron chi connectivity index (χ2n) is 6.82. The summed E-state index contributed by atoms with van der Waals surface area (Å²) in [7, 11) is 0. The molecule has 2 heterocycles. The van der Waals surface area contributed by atoms with Crippen LogP contribution in [0.3, 0.4) is 0 Å². The van der Waals surface area contributed by atoms with Crippen LogP contribution in [0.25, 0.3) is 10.9 Å². The summed E-state index contributed by atoms with van der Waals surface area (Å²) in [6.07, 6.45) is 5.97. The van der Waals surface area contributed by atoms with Crippen LogP contribution in [-0.2, 0) is 13.0 Å². The second kappa shape index (κ2) is 6.88. The molecular formula is C20H28N2O. The molecule has 0 bridgehead atoms. The maximum Gasteiger partial charge on any atom is 0.194 e. The van der Waals surface area contributed by atoms with Crippen LogP contribution in [0.4, 0.5) is 0 Å². The Morgan fingerprint density at radius 3 is 2.83 bits per heavy atom. The highest BCUT2D eigenvalue weighted by Gasteiger charge is 2.22. The Bertz CT molecular complexity index is 747. The number of piperidine rings is 1. The molecule has 1 saturated heterocycles. The summed E-state index contributed by atoms with van der Waals surface area (Å²) >= 11 is 0. The van der Waals surface area contributed by atoms with Crippen LogP contribution in [0.15, 0.2) is 23.0 Å². The van der Waals surface area contributed by atoms with E-state index in [0.29, 0.717) is 6.04 Å². The third kappa shape index (κ3) is 3.20. The number of H-pyrrole nitrogens is 1. The number of pyridine rings is 1. The molecule has 124 valence electrons. The van der Waals surface area contributed by atoms with Gasteiger partial charge in [-0.2, -0.15) is 0 Å². The Kier molecular flexibility index (Phi) is 4.86. The average molecular weight is 312 g/mol. The minimum atomic E-state index is 0.215. The lowest BCUT2D eigenvalue weighted by Gasteiger charge is -2.35. The lowest BCUT2D eigenvalue weighted by Crippen LogP contribution is -2.39. The van der Waals surface area contributed by atoms with Crippen molar-refractivity contribution in [2.75, 3.05) is 6.54 Å². The molecule has 1 N–H and O–H groups in total. The monoisotopic (exact) mass is 312 g/mol. The van der Waals surface area contributed by atoms with Gasteiger partial charge in [-0.1, -0.05) is 26.3 Å². The van der Waals surface area contributed by atoms with Gasteiger partial charge in [-0.15, -0.1) is 0 Å². The van der Waals surface area contributed by atoms with Crippen LogP contribution in [-0.4, -0.2) is 22.5 Å². The first kappa shape index (κ1) is 16.3. The largest absolute Gasteiger partial charge is 0.358 e. The van der Waals surface area contributed by atoms with Crippen LogP contribution in [0, 0.1) is 6.92 Å². The van der Waals surface area contributed by atoms with Crippen molar-refractivity contribution in [3.05, 3.63) is 45.2 Å². The van der Waals surface area contributed by atoms with E-state index in [1.807, 2.05) is 13.0 Å². The maximum atomic E-state index is 13.0. The van der Waals surface area contributed by atoms with E-state index >= 15 is 0 Å². The van der Waals surface area contributed by atoms with Gasteiger partial charge in [0.05, 0.1) is 0 Å². The topological polar surface area (TPSA) is 36.1 Å². The molecule has 1 aliphatic heterocycles. The molecule has 0 amide bonds. The third-order valence-corrected chi connectivity index (χ3v) is 5.37. The second-order valence-corrected chi connectivity index (χ2v) is 6.82. The zero-order valence-corrected chi connectivity index (χ0v) is 14.6. The smallest absolute Gasteiger partial charge is 0.194 e. The van der Waals surface area contributed by atoms with Crippen molar-refractivity contribution in [2.45, 2.75) is 65.5 Å². The molecule has 1 atom stereocenters. The number of hydrogen-bond acceptors (Lipinski definition) is 2. The number of aromatic amines is 1. The van der Waals surface area contributed by atoms with E-state index < -0.39 is 0 Å². The lowest BCUT2D eigenvalue weighted by molar-refractivity contribution is 0.135. The molecule has 0 saturated carbocycles. The standard InChI is InChI=1S/C20H28N2O/c1-4-15-9-10-19-17(12-15)20(23)18(14(3)21-19)13-22-11-7-6-8-16(22)5-2/h9-10,12,16H,4-8,11,13H2,1-3H3,(H,21,23)/t16-/m1/s1. The molecule has 1 aliphatic rings. The van der Waals surface area contributed by atoms with Gasteiger partial charge in [0.2, 0.25) is 0 Å². The first-order valence-electron chi connectivity index (χ1n) is 9.02. The fraction of sp³-hybridized carbons (Fsp3) is 0.550. The molecule has 3 heteroatoms. The molecule has 1 aromatic heterocycles. The van der Waals surface area contributed by atoms with E-state index in [1.165, 1.54) is 31.2 Å². The number of nitrogens with zero attached hydrogens (tertiary/aromatic N) is 1. The van der Waals surface area contributed by atoms with Gasteiger partial charge in [-0.05, 0) is 56.8 Å². The molecule has 1 aromatic carbocycles. The van der Waals surface area contributed by atoms with Crippen LogP contribution < -0.4 is 5.43 Å². The number of hydrogen-bond donors (Lipinski definition) is 1. The predicted molar refractivity (Wildman–Crippen MR) is 97.0 cm³/mol. The lowest BCUT2D eigenvalue weighted by atomic mass is 9.98. The molecule has 2 aromatic rings. The highest BCUT2D eigenvalue weighted by atomic mass is 16.1. The summed E-state index contributed by atoms with van der Waals surface area (Å²) in [4.78, 5) is 19.0. The van der Waals surface area contributed by atoms with E-state index in [1.54, 1.807) is 0 Å². The zero-order chi connectivity index (χ0) is 16.4. The van der Waals surface area contributed by atoms with Gasteiger partial charge in [0.25, 0.3) is 0 Å². The Morgan fingerprint density at radius 1 is 1.26 bits per heavy atom. The van der Waals surface area contributed by atoms with Crippen molar-refractivity contribution in [1.82, 2.24) is 9.88 Å². The number of nitrogens with one attached hydrogen (secondary N) is 1. The van der Waals surface area contributed by atoms with Gasteiger partial charge < -0.3 is 4.98 Å². The molecule has 1 fully saturated rings. The van der Waals surface area contributed by atoms with Gasteiger partial charge in [-0.3, -0.25) is 9.69 Å². The van der Waals surface area contributed by atoms with E-state index in [0.717, 1.165) is 41.7 Å². The normalized spacial score (nSPS) is 19.3. The van der Waals surface area contributed by atoms with Crippen LogP contribution in [0.2, 0.25) is 0 Å². The van der Waals surface area contributed by atoms with Crippen molar-refractivity contribution >= 4 is 10.9 Å². The first-order chi connectivity index (χ1) is 11.1. The Labute approximate surface area is 138 Å². The summed E-state index contributed by atoms with van der Waals surface area (Å²) in [5.74, 6) is 0. The first-order valence-corrected chi connectivity index (χ1v) is 9.02. The summed E-state index contributed by atoms with van der Waals surface area (Å²) < 4.78 is 0. The zero-order valence-electron chi connectivity index (χ0n) is 14.6. The number of aromatic nitrogens is 1. The Morgan fingerprint density at radius 2 is 2.09 bits per heavy atom. The summed E-state index contributed by atoms with van der Waals surface area (Å²) in [6, 6.07) is 6.84. The number of benzene rings is 1. The maximum absolute atomic E-state index is 13.0. The molecule has 0 unspecified atom stereocenters. The number of fused-ring (bicyclic) bond motifs is 1. The Hall–Kier alpha value is -1.61. The SMILES string of the molecule is CCc1ccc2[nH]c(C)c(CN3CCCC[C@H]3CC)c(=O)c2c1. The molecule has 0 spiro atoms. The van der Waals surface area contributed by atoms with Crippen LogP contribution >= 0.6 is 0 Å². The molecule has 0 aliphatic carbocycles. The van der Waals surface area contributed by atoms with Crippen molar-refractivity contribution in [3.8, 4) is 0 Å². The predicted octanol–water partition coefficient (Wildman–Crippen LogP) is 4.16. The summed E-state index contributed by atoms with van der Waals surface area (Å²) in [6.45, 7) is 8.32. The molecule has 3 nitrogen and oxygen atoms in total. The third-order valence-electron chi connectivity index (χ3n) is 5.37. The van der Waals surface area contributed by atoms with E-state index in [9.17, 15) is 4.79 Å². The molecule has 23 heavy (non-hydrogen) atoms. The number of aryl methyl sites for hydroxylation is 2. The summed E-state index contributed by atoms with van der Waals surface area (Å²) in [5.41, 5.74) is 4.37. The van der Waals surface area contributed by atoms with Crippen LogP contribution in [0.5, 0.6) is 0 Å². The van der Waals surface area contributed by atoms with E-state index in [2.05, 4.69) is 35.9 Å². The Balaban J connectivity index is 2.01. The van der Waals surface area contributed by atoms with Gasteiger partial charge in [-0.25, -0.2) is 0 Å². The van der Waals surface area contributed by atoms with Gasteiger partial charge >= 0.3 is 0 Å². The fourth-order valence-electron chi connectivity index (χ4n) is 3.84. The molecule has 0 radical (unpaired) electrons. The molecule has 3 rings (SSSR count). The highest BCUT2D eigenvalue weighted by Crippen LogP contribution is 2.22. The van der Waals surface area contributed by atoms with Crippen LogP contribution in [0.1, 0.15) is 56.4 Å². The highest BCUT2D eigenvalue weighted by molar-refractivity contribution is 5.80. The van der Waals surface area contributed by atoms with Crippen molar-refractivity contribution in [1.29, 1.82) is 0 Å². The summed E-state index contributed by atoms with van der Waals surface area (Å²) in [5, 5.41) is 0.843. The van der Waals surface area contributed by atoms with Crippen molar-refractivity contribution in [2.24, 2.45) is 0 Å². The van der Waals surface area contributed by atoms with Gasteiger partial charge in [0, 0.05) is 34.7 Å². The minimum absolute atomic E-state index is 0.215. The van der Waals surface area contributed by atoms with Crippen molar-refractivity contribution in [3.63, 3.8) is 0 Å². The minimum Gasteiger partial charge on any atom is -0.358 e.